The van der Waals surface area contributed by atoms with Gasteiger partial charge < -0.3 is 9.47 Å². The summed E-state index contributed by atoms with van der Waals surface area (Å²) in [7, 11) is 0. The van der Waals surface area contributed by atoms with Gasteiger partial charge >= 0.3 is 11.9 Å². The molecule has 0 saturated heterocycles. The van der Waals surface area contributed by atoms with E-state index in [0.29, 0.717) is 13.2 Å². The van der Waals surface area contributed by atoms with Crippen LogP contribution in [-0.4, -0.2) is 25.2 Å². The van der Waals surface area contributed by atoms with E-state index in [9.17, 15) is 9.59 Å². The third-order valence-electron chi connectivity index (χ3n) is 4.36. The molecule has 0 bridgehead atoms. The van der Waals surface area contributed by atoms with Gasteiger partial charge in [-0.05, 0) is 66.2 Å². The van der Waals surface area contributed by atoms with E-state index < -0.39 is 0 Å². The fourth-order valence-electron chi connectivity index (χ4n) is 2.73. The highest BCUT2D eigenvalue weighted by atomic mass is 16.5. The molecule has 0 radical (unpaired) electrons. The summed E-state index contributed by atoms with van der Waals surface area (Å²) in [5.74, 6) is -0.201. The second-order valence-electron chi connectivity index (χ2n) is 7.95. The highest BCUT2D eigenvalue weighted by molar-refractivity contribution is 5.76. The van der Waals surface area contributed by atoms with Crippen molar-refractivity contribution in [1.82, 2.24) is 0 Å². The zero-order valence-electron chi connectivity index (χ0n) is 16.7. The molecule has 0 unspecified atom stereocenters. The molecule has 0 atom stereocenters. The van der Waals surface area contributed by atoms with Crippen LogP contribution in [0.15, 0.2) is 0 Å². The standard InChI is InChI=1S/C20H38O4/c1-7-13-19(3,4)17(21)23-15-11-9-10-12-16-24-18(22)20(5,6)14-8-2/h7-16H2,1-6H3. The first-order chi connectivity index (χ1) is 11.2. The van der Waals surface area contributed by atoms with Gasteiger partial charge in [0.1, 0.15) is 0 Å². The van der Waals surface area contributed by atoms with E-state index >= 15 is 0 Å². The van der Waals surface area contributed by atoms with Crippen LogP contribution in [0.2, 0.25) is 0 Å². The second-order valence-corrected chi connectivity index (χ2v) is 7.95. The zero-order valence-corrected chi connectivity index (χ0v) is 16.7. The summed E-state index contributed by atoms with van der Waals surface area (Å²) in [4.78, 5) is 23.9. The lowest BCUT2D eigenvalue weighted by molar-refractivity contribution is -0.155. The monoisotopic (exact) mass is 342 g/mol. The van der Waals surface area contributed by atoms with Gasteiger partial charge in [0.2, 0.25) is 0 Å². The number of ether oxygens (including phenoxy) is 2. The van der Waals surface area contributed by atoms with Crippen LogP contribution < -0.4 is 0 Å². The lowest BCUT2D eigenvalue weighted by atomic mass is 9.88. The number of unbranched alkanes of at least 4 members (excludes halogenated alkanes) is 3. The minimum atomic E-state index is -0.381. The van der Waals surface area contributed by atoms with Crippen LogP contribution in [0.5, 0.6) is 0 Å². The van der Waals surface area contributed by atoms with Crippen LogP contribution >= 0.6 is 0 Å². The largest absolute Gasteiger partial charge is 0.465 e. The van der Waals surface area contributed by atoms with Gasteiger partial charge in [-0.2, -0.15) is 0 Å². The molecule has 0 amide bonds. The molecule has 0 spiro atoms. The number of hydrogen-bond donors (Lipinski definition) is 0. The fourth-order valence-corrected chi connectivity index (χ4v) is 2.73. The third kappa shape index (κ3) is 9.29. The Hall–Kier alpha value is -1.06. The number of hydrogen-bond acceptors (Lipinski definition) is 4. The maximum atomic E-state index is 11.9. The molecule has 0 aliphatic heterocycles. The predicted molar refractivity (Wildman–Crippen MR) is 97.8 cm³/mol. The Bertz CT molecular complexity index is 336. The summed E-state index contributed by atoms with van der Waals surface area (Å²) >= 11 is 0. The molecule has 0 aromatic carbocycles. The zero-order chi connectivity index (χ0) is 18.6. The van der Waals surface area contributed by atoms with Gasteiger partial charge in [-0.15, -0.1) is 0 Å². The molecule has 0 aromatic heterocycles. The second kappa shape index (κ2) is 11.5. The van der Waals surface area contributed by atoms with Gasteiger partial charge in [-0.3, -0.25) is 9.59 Å². The average Bonchev–Trinajstić information content (AvgIpc) is 2.49. The third-order valence-corrected chi connectivity index (χ3v) is 4.36. The van der Waals surface area contributed by atoms with Crippen molar-refractivity contribution in [3.63, 3.8) is 0 Å². The Kier molecular flexibility index (Phi) is 11.0. The van der Waals surface area contributed by atoms with Crippen molar-refractivity contribution in [2.45, 2.75) is 92.9 Å². The molecule has 0 fully saturated rings. The van der Waals surface area contributed by atoms with Gasteiger partial charge in [-0.1, -0.05) is 26.7 Å². The van der Waals surface area contributed by atoms with E-state index in [1.54, 1.807) is 0 Å². The molecule has 0 aliphatic carbocycles. The van der Waals surface area contributed by atoms with Crippen LogP contribution in [-0.2, 0) is 19.1 Å². The van der Waals surface area contributed by atoms with E-state index in [0.717, 1.165) is 51.4 Å². The van der Waals surface area contributed by atoms with E-state index in [4.69, 9.17) is 9.47 Å². The first-order valence-corrected chi connectivity index (χ1v) is 9.52. The summed E-state index contributed by atoms with van der Waals surface area (Å²) in [6.07, 6.45) is 7.37. The Morgan fingerprint density at radius 2 is 1.00 bits per heavy atom. The van der Waals surface area contributed by atoms with Gasteiger partial charge in [0.15, 0.2) is 0 Å². The first kappa shape index (κ1) is 22.9. The molecular weight excluding hydrogens is 304 g/mol. The summed E-state index contributed by atoms with van der Waals surface area (Å²) < 4.78 is 10.7. The van der Waals surface area contributed by atoms with Crippen molar-refractivity contribution >= 4 is 11.9 Å². The van der Waals surface area contributed by atoms with Crippen LogP contribution in [0.3, 0.4) is 0 Å². The molecule has 0 aliphatic rings. The van der Waals surface area contributed by atoms with E-state index in [2.05, 4.69) is 13.8 Å². The summed E-state index contributed by atoms with van der Waals surface area (Å²) in [6, 6.07) is 0. The lowest BCUT2D eigenvalue weighted by Crippen LogP contribution is -2.27. The summed E-state index contributed by atoms with van der Waals surface area (Å²) in [5, 5.41) is 0. The molecule has 0 heterocycles. The van der Waals surface area contributed by atoms with Gasteiger partial charge in [0, 0.05) is 0 Å². The van der Waals surface area contributed by atoms with Crippen LogP contribution in [0, 0.1) is 10.8 Å². The highest BCUT2D eigenvalue weighted by Crippen LogP contribution is 2.25. The van der Waals surface area contributed by atoms with E-state index in [1.165, 1.54) is 0 Å². The number of carbonyl (C=O) groups excluding carboxylic acids is 2. The number of carbonyl (C=O) groups is 2. The summed E-state index contributed by atoms with van der Waals surface area (Å²) in [5.41, 5.74) is -0.761. The molecule has 142 valence electrons. The Balaban J connectivity index is 3.68. The van der Waals surface area contributed by atoms with Gasteiger partial charge in [-0.25, -0.2) is 0 Å². The van der Waals surface area contributed by atoms with Crippen LogP contribution in [0.4, 0.5) is 0 Å². The van der Waals surface area contributed by atoms with Crippen molar-refractivity contribution in [2.24, 2.45) is 10.8 Å². The molecule has 4 heteroatoms. The van der Waals surface area contributed by atoms with Crippen molar-refractivity contribution in [3.8, 4) is 0 Å². The van der Waals surface area contributed by atoms with Crippen molar-refractivity contribution < 1.29 is 19.1 Å². The minimum Gasteiger partial charge on any atom is -0.465 e. The van der Waals surface area contributed by atoms with Crippen molar-refractivity contribution in [3.05, 3.63) is 0 Å². The number of esters is 2. The fraction of sp³-hybridized carbons (Fsp3) is 0.900. The topological polar surface area (TPSA) is 52.6 Å². The molecule has 0 saturated carbocycles. The summed E-state index contributed by atoms with van der Waals surface area (Å²) in [6.45, 7) is 12.9. The minimum absolute atomic E-state index is 0.101. The smallest absolute Gasteiger partial charge is 0.311 e. The maximum absolute atomic E-state index is 11.9. The number of rotatable bonds is 13. The van der Waals surface area contributed by atoms with E-state index in [-0.39, 0.29) is 22.8 Å². The van der Waals surface area contributed by atoms with Gasteiger partial charge in [0.25, 0.3) is 0 Å². The lowest BCUT2D eigenvalue weighted by Gasteiger charge is -2.22. The molecule has 24 heavy (non-hydrogen) atoms. The molecule has 4 nitrogen and oxygen atoms in total. The van der Waals surface area contributed by atoms with Crippen molar-refractivity contribution in [2.75, 3.05) is 13.2 Å². The quantitative estimate of drug-likeness (QED) is 0.337. The molecule has 0 N–H and O–H groups in total. The molecule has 0 aromatic rings. The molecule has 0 rings (SSSR count). The van der Waals surface area contributed by atoms with E-state index in [1.807, 2.05) is 27.7 Å². The molecular formula is C20H38O4. The Morgan fingerprint density at radius 3 is 1.29 bits per heavy atom. The predicted octanol–water partition coefficient (Wildman–Crippen LogP) is 5.29. The van der Waals surface area contributed by atoms with Gasteiger partial charge in [0.05, 0.1) is 24.0 Å². The van der Waals surface area contributed by atoms with Crippen LogP contribution in [0.25, 0.3) is 0 Å². The van der Waals surface area contributed by atoms with Crippen LogP contribution in [0.1, 0.15) is 92.9 Å². The highest BCUT2D eigenvalue weighted by Gasteiger charge is 2.28. The first-order valence-electron chi connectivity index (χ1n) is 9.52. The Labute approximate surface area is 148 Å². The maximum Gasteiger partial charge on any atom is 0.311 e. The SMILES string of the molecule is CCCC(C)(C)C(=O)OCCCCCCOC(=O)C(C)(C)CCC. The van der Waals surface area contributed by atoms with Crippen molar-refractivity contribution in [1.29, 1.82) is 0 Å². The normalized spacial score (nSPS) is 12.1. The Morgan fingerprint density at radius 1 is 0.667 bits per heavy atom. The average molecular weight is 343 g/mol.